The predicted molar refractivity (Wildman–Crippen MR) is 112 cm³/mol. The third-order valence-corrected chi connectivity index (χ3v) is 5.96. The molecule has 28 heavy (non-hydrogen) atoms. The van der Waals surface area contributed by atoms with Gasteiger partial charge in [0.25, 0.3) is 15.9 Å². The first-order valence-electron chi connectivity index (χ1n) is 8.22. The van der Waals surface area contributed by atoms with E-state index in [0.29, 0.717) is 17.0 Å². The van der Waals surface area contributed by atoms with E-state index in [1.165, 1.54) is 25.3 Å². The Bertz CT molecular complexity index is 1100. The van der Waals surface area contributed by atoms with Gasteiger partial charge >= 0.3 is 0 Å². The van der Waals surface area contributed by atoms with E-state index in [1.54, 1.807) is 42.5 Å². The molecule has 3 aromatic carbocycles. The van der Waals surface area contributed by atoms with Crippen LogP contribution in [0.1, 0.15) is 10.4 Å². The summed E-state index contributed by atoms with van der Waals surface area (Å²) in [5.41, 5.74) is 1.23. The fourth-order valence-corrected chi connectivity index (χ4v) is 3.88. The molecule has 6 nitrogen and oxygen atoms in total. The highest BCUT2D eigenvalue weighted by molar-refractivity contribution is 9.10. The van der Waals surface area contributed by atoms with E-state index in [1.807, 2.05) is 12.1 Å². The second-order valence-corrected chi connectivity index (χ2v) is 8.33. The van der Waals surface area contributed by atoms with Crippen molar-refractivity contribution in [3.8, 4) is 5.75 Å². The van der Waals surface area contributed by atoms with Crippen LogP contribution in [-0.2, 0) is 10.0 Å². The molecule has 144 valence electrons. The number of carbonyl (C=O) groups excluding carboxylic acids is 1. The van der Waals surface area contributed by atoms with Gasteiger partial charge in [0.05, 0.1) is 17.7 Å². The molecule has 0 aromatic heterocycles. The van der Waals surface area contributed by atoms with Crippen LogP contribution in [0.15, 0.2) is 82.2 Å². The number of nitrogens with one attached hydrogen (secondary N) is 2. The number of benzene rings is 3. The van der Waals surface area contributed by atoms with Gasteiger partial charge < -0.3 is 10.1 Å². The quantitative estimate of drug-likeness (QED) is 0.566. The molecular weight excluding hydrogens is 444 g/mol. The Kier molecular flexibility index (Phi) is 6.01. The maximum absolute atomic E-state index is 12.6. The van der Waals surface area contributed by atoms with Gasteiger partial charge in [-0.1, -0.05) is 18.2 Å². The zero-order valence-electron chi connectivity index (χ0n) is 14.8. The number of para-hydroxylation sites is 1. The van der Waals surface area contributed by atoms with Crippen molar-refractivity contribution >= 4 is 43.2 Å². The predicted octanol–water partition coefficient (Wildman–Crippen LogP) is 4.51. The van der Waals surface area contributed by atoms with E-state index < -0.39 is 10.0 Å². The minimum absolute atomic E-state index is 0.0939. The van der Waals surface area contributed by atoms with Crippen molar-refractivity contribution in [1.29, 1.82) is 0 Å². The number of anilines is 2. The molecule has 0 bridgehead atoms. The van der Waals surface area contributed by atoms with Crippen LogP contribution in [0.3, 0.4) is 0 Å². The molecule has 8 heteroatoms. The van der Waals surface area contributed by atoms with Gasteiger partial charge in [-0.2, -0.15) is 0 Å². The second kappa shape index (κ2) is 8.45. The molecule has 0 aliphatic rings. The first kappa shape index (κ1) is 19.9. The Balaban J connectivity index is 1.78. The molecule has 0 saturated carbocycles. The Morgan fingerprint density at radius 2 is 1.68 bits per heavy atom. The number of ether oxygens (including phenoxy) is 1. The molecule has 1 amide bonds. The van der Waals surface area contributed by atoms with E-state index in [2.05, 4.69) is 26.0 Å². The number of amides is 1. The Morgan fingerprint density at radius 1 is 0.964 bits per heavy atom. The van der Waals surface area contributed by atoms with Gasteiger partial charge in [-0.25, -0.2) is 8.42 Å². The smallest absolute Gasteiger partial charge is 0.261 e. The molecule has 2 N–H and O–H groups in total. The normalized spacial score (nSPS) is 10.9. The highest BCUT2D eigenvalue weighted by Gasteiger charge is 2.15. The van der Waals surface area contributed by atoms with Crippen molar-refractivity contribution in [2.24, 2.45) is 0 Å². The number of carbonyl (C=O) groups is 1. The Hall–Kier alpha value is -2.84. The lowest BCUT2D eigenvalue weighted by molar-refractivity contribution is 0.102. The van der Waals surface area contributed by atoms with Gasteiger partial charge in [0, 0.05) is 15.7 Å². The molecule has 0 aliphatic heterocycles. The molecule has 3 aromatic rings. The minimum atomic E-state index is -3.79. The van der Waals surface area contributed by atoms with Crippen LogP contribution in [-0.4, -0.2) is 21.4 Å². The standard InChI is InChI=1S/C20H17BrN2O4S/c1-27-16-9-11-17(12-10-16)28(25,26)23-15-6-4-5-14(13-15)20(24)22-19-8-3-2-7-18(19)21/h2-13,23H,1H3,(H,22,24). The zero-order valence-corrected chi connectivity index (χ0v) is 17.2. The maximum Gasteiger partial charge on any atom is 0.261 e. The van der Waals surface area contributed by atoms with E-state index in [0.717, 1.165) is 4.47 Å². The van der Waals surface area contributed by atoms with Crippen LogP contribution in [0.25, 0.3) is 0 Å². The van der Waals surface area contributed by atoms with Crippen molar-refractivity contribution in [3.05, 3.63) is 82.8 Å². The van der Waals surface area contributed by atoms with E-state index in [-0.39, 0.29) is 16.5 Å². The van der Waals surface area contributed by atoms with Gasteiger partial charge in [-0.05, 0) is 70.5 Å². The van der Waals surface area contributed by atoms with Crippen LogP contribution in [0.5, 0.6) is 5.75 Å². The third kappa shape index (κ3) is 4.71. The first-order chi connectivity index (χ1) is 13.4. The van der Waals surface area contributed by atoms with Gasteiger partial charge in [0.15, 0.2) is 0 Å². The topological polar surface area (TPSA) is 84.5 Å². The van der Waals surface area contributed by atoms with Gasteiger partial charge in [-0.3, -0.25) is 9.52 Å². The number of methoxy groups -OCH3 is 1. The lowest BCUT2D eigenvalue weighted by atomic mass is 10.2. The average Bonchev–Trinajstić information content (AvgIpc) is 2.69. The number of hydrogen-bond donors (Lipinski definition) is 2. The molecule has 0 radical (unpaired) electrons. The van der Waals surface area contributed by atoms with Crippen LogP contribution in [0, 0.1) is 0 Å². The maximum atomic E-state index is 12.6. The zero-order chi connectivity index (χ0) is 20.1. The van der Waals surface area contributed by atoms with Crippen LogP contribution in [0.2, 0.25) is 0 Å². The molecule has 0 atom stereocenters. The first-order valence-corrected chi connectivity index (χ1v) is 10.5. The summed E-state index contributed by atoms with van der Waals surface area (Å²) in [6, 6.07) is 19.5. The van der Waals surface area contributed by atoms with Crippen molar-refractivity contribution in [3.63, 3.8) is 0 Å². The minimum Gasteiger partial charge on any atom is -0.497 e. The SMILES string of the molecule is COc1ccc(S(=O)(=O)Nc2cccc(C(=O)Nc3ccccc3Br)c2)cc1. The van der Waals surface area contributed by atoms with Crippen LogP contribution < -0.4 is 14.8 Å². The summed E-state index contributed by atoms with van der Waals surface area (Å²) in [4.78, 5) is 12.6. The monoisotopic (exact) mass is 460 g/mol. The number of hydrogen-bond acceptors (Lipinski definition) is 4. The largest absolute Gasteiger partial charge is 0.497 e. The average molecular weight is 461 g/mol. The van der Waals surface area contributed by atoms with E-state index in [4.69, 9.17) is 4.74 Å². The fraction of sp³-hybridized carbons (Fsp3) is 0.0500. The second-order valence-electron chi connectivity index (χ2n) is 5.80. The van der Waals surface area contributed by atoms with E-state index >= 15 is 0 Å². The summed E-state index contributed by atoms with van der Waals surface area (Å²) >= 11 is 3.37. The summed E-state index contributed by atoms with van der Waals surface area (Å²) in [5, 5.41) is 2.78. The summed E-state index contributed by atoms with van der Waals surface area (Å²) in [5.74, 6) is 0.210. The van der Waals surface area contributed by atoms with Crippen molar-refractivity contribution in [1.82, 2.24) is 0 Å². The number of rotatable bonds is 6. The summed E-state index contributed by atoms with van der Waals surface area (Å²) < 4.78 is 33.4. The Morgan fingerprint density at radius 3 is 2.36 bits per heavy atom. The lowest BCUT2D eigenvalue weighted by Crippen LogP contribution is -2.15. The molecular formula is C20H17BrN2O4S. The molecule has 0 aliphatic carbocycles. The highest BCUT2D eigenvalue weighted by atomic mass is 79.9. The number of sulfonamides is 1. The van der Waals surface area contributed by atoms with Gasteiger partial charge in [0.2, 0.25) is 0 Å². The van der Waals surface area contributed by atoms with Crippen molar-refractivity contribution < 1.29 is 17.9 Å². The van der Waals surface area contributed by atoms with Crippen molar-refractivity contribution in [2.45, 2.75) is 4.90 Å². The molecule has 0 saturated heterocycles. The van der Waals surface area contributed by atoms with Crippen LogP contribution in [0.4, 0.5) is 11.4 Å². The van der Waals surface area contributed by atoms with Crippen molar-refractivity contribution in [2.75, 3.05) is 17.1 Å². The lowest BCUT2D eigenvalue weighted by Gasteiger charge is -2.11. The molecule has 0 spiro atoms. The molecule has 0 unspecified atom stereocenters. The van der Waals surface area contributed by atoms with Gasteiger partial charge in [0.1, 0.15) is 5.75 Å². The molecule has 0 heterocycles. The Labute approximate surface area is 171 Å². The molecule has 3 rings (SSSR count). The summed E-state index contributed by atoms with van der Waals surface area (Å²) in [6.45, 7) is 0. The van der Waals surface area contributed by atoms with E-state index in [9.17, 15) is 13.2 Å². The highest BCUT2D eigenvalue weighted by Crippen LogP contribution is 2.23. The molecule has 0 fully saturated rings. The van der Waals surface area contributed by atoms with Crippen LogP contribution >= 0.6 is 15.9 Å². The number of halogens is 1. The summed E-state index contributed by atoms with van der Waals surface area (Å²) in [7, 11) is -2.28. The fourth-order valence-electron chi connectivity index (χ4n) is 2.45. The van der Waals surface area contributed by atoms with Gasteiger partial charge in [-0.15, -0.1) is 0 Å². The third-order valence-electron chi connectivity index (χ3n) is 3.87. The summed E-state index contributed by atoms with van der Waals surface area (Å²) in [6.07, 6.45) is 0.